The molecular formula is C11H13ClN4. The van der Waals surface area contributed by atoms with Gasteiger partial charge in [0, 0.05) is 18.0 Å². The van der Waals surface area contributed by atoms with Gasteiger partial charge in [-0.05, 0) is 26.3 Å². The molecule has 0 amide bonds. The van der Waals surface area contributed by atoms with E-state index in [9.17, 15) is 0 Å². The molecule has 2 aromatic heterocycles. The van der Waals surface area contributed by atoms with E-state index in [1.54, 1.807) is 16.9 Å². The topological polar surface area (TPSA) is 56.7 Å². The van der Waals surface area contributed by atoms with Gasteiger partial charge in [0.05, 0.1) is 16.4 Å². The molecule has 0 fully saturated rings. The van der Waals surface area contributed by atoms with Crippen LogP contribution in [0.1, 0.15) is 17.0 Å². The lowest BCUT2D eigenvalue weighted by molar-refractivity contribution is 0.805. The van der Waals surface area contributed by atoms with E-state index in [1.807, 2.05) is 20.8 Å². The van der Waals surface area contributed by atoms with E-state index in [2.05, 4.69) is 10.1 Å². The number of nitrogens with two attached hydrogens (primary N) is 1. The van der Waals surface area contributed by atoms with Crippen molar-refractivity contribution < 1.29 is 0 Å². The van der Waals surface area contributed by atoms with Crippen LogP contribution in [0.3, 0.4) is 0 Å². The standard InChI is InChI=1S/C11H13ClN4/c1-6-5-14-10(4-9(6)13)16-8(3)11(12)7(2)15-16/h4-5H,1-3H3,(H2,13,14). The predicted octanol–water partition coefficient (Wildman–Crippen LogP) is 2.43. The molecular weight excluding hydrogens is 224 g/mol. The first-order valence-corrected chi connectivity index (χ1v) is 5.32. The van der Waals surface area contributed by atoms with Gasteiger partial charge in [0.15, 0.2) is 5.82 Å². The minimum Gasteiger partial charge on any atom is -0.398 e. The van der Waals surface area contributed by atoms with Gasteiger partial charge in [0.2, 0.25) is 0 Å². The van der Waals surface area contributed by atoms with Gasteiger partial charge in [-0.2, -0.15) is 5.10 Å². The molecule has 0 spiro atoms. The summed E-state index contributed by atoms with van der Waals surface area (Å²) in [5, 5.41) is 4.98. The molecule has 2 rings (SSSR count). The maximum absolute atomic E-state index is 6.08. The van der Waals surface area contributed by atoms with E-state index in [0.717, 1.165) is 17.0 Å². The lowest BCUT2D eigenvalue weighted by Crippen LogP contribution is -2.03. The summed E-state index contributed by atoms with van der Waals surface area (Å²) in [7, 11) is 0. The lowest BCUT2D eigenvalue weighted by atomic mass is 10.2. The normalized spacial score (nSPS) is 10.8. The molecule has 0 aliphatic heterocycles. The fourth-order valence-electron chi connectivity index (χ4n) is 1.49. The van der Waals surface area contributed by atoms with Gasteiger partial charge in [0.1, 0.15) is 0 Å². The smallest absolute Gasteiger partial charge is 0.155 e. The van der Waals surface area contributed by atoms with Crippen molar-refractivity contribution in [1.82, 2.24) is 14.8 Å². The molecule has 0 unspecified atom stereocenters. The molecule has 0 radical (unpaired) electrons. The summed E-state index contributed by atoms with van der Waals surface area (Å²) in [4.78, 5) is 4.29. The quantitative estimate of drug-likeness (QED) is 0.827. The minimum atomic E-state index is 0.668. The molecule has 0 saturated carbocycles. The van der Waals surface area contributed by atoms with Gasteiger partial charge < -0.3 is 5.73 Å². The molecule has 2 heterocycles. The summed E-state index contributed by atoms with van der Waals surface area (Å²) in [6, 6.07) is 1.80. The average molecular weight is 237 g/mol. The van der Waals surface area contributed by atoms with Crippen LogP contribution in [0.5, 0.6) is 0 Å². The Balaban J connectivity index is 2.59. The summed E-state index contributed by atoms with van der Waals surface area (Å²) >= 11 is 6.08. The molecule has 16 heavy (non-hydrogen) atoms. The Morgan fingerprint density at radius 2 is 2.00 bits per heavy atom. The van der Waals surface area contributed by atoms with E-state index >= 15 is 0 Å². The third-order valence-electron chi connectivity index (χ3n) is 2.55. The average Bonchev–Trinajstić information content (AvgIpc) is 2.50. The largest absolute Gasteiger partial charge is 0.398 e. The fraction of sp³-hybridized carbons (Fsp3) is 0.273. The molecule has 0 aliphatic carbocycles. The molecule has 84 valence electrons. The zero-order valence-electron chi connectivity index (χ0n) is 9.45. The number of anilines is 1. The van der Waals surface area contributed by atoms with E-state index in [4.69, 9.17) is 17.3 Å². The molecule has 0 saturated heterocycles. The summed E-state index contributed by atoms with van der Waals surface area (Å²) in [6.07, 6.45) is 1.73. The maximum atomic E-state index is 6.08. The Morgan fingerprint density at radius 1 is 1.31 bits per heavy atom. The second kappa shape index (κ2) is 3.79. The van der Waals surface area contributed by atoms with Crippen LogP contribution in [0.2, 0.25) is 5.02 Å². The number of hydrogen-bond donors (Lipinski definition) is 1. The second-order valence-electron chi connectivity index (χ2n) is 3.80. The van der Waals surface area contributed by atoms with Crippen molar-refractivity contribution in [1.29, 1.82) is 0 Å². The van der Waals surface area contributed by atoms with Crippen molar-refractivity contribution in [3.8, 4) is 5.82 Å². The van der Waals surface area contributed by atoms with Crippen molar-refractivity contribution in [3.05, 3.63) is 34.2 Å². The van der Waals surface area contributed by atoms with E-state index in [-0.39, 0.29) is 0 Å². The van der Waals surface area contributed by atoms with Crippen LogP contribution in [0, 0.1) is 20.8 Å². The van der Waals surface area contributed by atoms with Crippen LogP contribution in [0.4, 0.5) is 5.69 Å². The third-order valence-corrected chi connectivity index (χ3v) is 3.10. The highest BCUT2D eigenvalue weighted by atomic mass is 35.5. The van der Waals surface area contributed by atoms with Crippen LogP contribution in [-0.4, -0.2) is 14.8 Å². The minimum absolute atomic E-state index is 0.668. The SMILES string of the molecule is Cc1cnc(-n2nc(C)c(Cl)c2C)cc1N. The first-order valence-electron chi connectivity index (χ1n) is 4.95. The van der Waals surface area contributed by atoms with Crippen LogP contribution in [0.25, 0.3) is 5.82 Å². The number of rotatable bonds is 1. The first kappa shape index (κ1) is 11.0. The zero-order chi connectivity index (χ0) is 11.9. The number of aryl methyl sites for hydroxylation is 2. The Hall–Kier alpha value is -1.55. The lowest BCUT2D eigenvalue weighted by Gasteiger charge is -2.05. The van der Waals surface area contributed by atoms with Crippen molar-refractivity contribution >= 4 is 17.3 Å². The Bertz CT molecular complexity index is 545. The molecule has 2 N–H and O–H groups in total. The molecule has 5 heteroatoms. The zero-order valence-corrected chi connectivity index (χ0v) is 10.2. The highest BCUT2D eigenvalue weighted by Gasteiger charge is 2.11. The fourth-order valence-corrected chi connectivity index (χ4v) is 1.61. The summed E-state index contributed by atoms with van der Waals surface area (Å²) in [5.41, 5.74) is 9.16. The predicted molar refractivity (Wildman–Crippen MR) is 65.0 cm³/mol. The molecule has 4 nitrogen and oxygen atoms in total. The Labute approximate surface area is 99.1 Å². The second-order valence-corrected chi connectivity index (χ2v) is 4.17. The number of nitrogen functional groups attached to an aromatic ring is 1. The third kappa shape index (κ3) is 1.65. The first-order chi connectivity index (χ1) is 7.50. The number of halogens is 1. The van der Waals surface area contributed by atoms with Crippen LogP contribution < -0.4 is 5.73 Å². The number of nitrogens with zero attached hydrogens (tertiary/aromatic N) is 3. The van der Waals surface area contributed by atoms with Gasteiger partial charge in [-0.3, -0.25) is 0 Å². The summed E-state index contributed by atoms with van der Waals surface area (Å²) in [6.45, 7) is 5.68. The van der Waals surface area contributed by atoms with Crippen LogP contribution >= 0.6 is 11.6 Å². The van der Waals surface area contributed by atoms with Gasteiger partial charge in [-0.15, -0.1) is 0 Å². The summed E-state index contributed by atoms with van der Waals surface area (Å²) in [5.74, 6) is 0.690. The van der Waals surface area contributed by atoms with Gasteiger partial charge in [-0.25, -0.2) is 9.67 Å². The van der Waals surface area contributed by atoms with E-state index in [0.29, 0.717) is 16.5 Å². The van der Waals surface area contributed by atoms with Gasteiger partial charge in [0.25, 0.3) is 0 Å². The highest BCUT2D eigenvalue weighted by molar-refractivity contribution is 6.31. The maximum Gasteiger partial charge on any atom is 0.155 e. The monoisotopic (exact) mass is 236 g/mol. The van der Waals surface area contributed by atoms with E-state index < -0.39 is 0 Å². The number of aromatic nitrogens is 3. The van der Waals surface area contributed by atoms with Crippen molar-refractivity contribution in [3.63, 3.8) is 0 Å². The van der Waals surface area contributed by atoms with Gasteiger partial charge >= 0.3 is 0 Å². The molecule has 2 aromatic rings. The Kier molecular flexibility index (Phi) is 2.59. The van der Waals surface area contributed by atoms with E-state index in [1.165, 1.54) is 0 Å². The highest BCUT2D eigenvalue weighted by Crippen LogP contribution is 2.22. The Morgan fingerprint density at radius 3 is 2.50 bits per heavy atom. The molecule has 0 bridgehead atoms. The molecule has 0 aromatic carbocycles. The van der Waals surface area contributed by atoms with Gasteiger partial charge in [-0.1, -0.05) is 11.6 Å². The van der Waals surface area contributed by atoms with Crippen molar-refractivity contribution in [2.24, 2.45) is 0 Å². The van der Waals surface area contributed by atoms with Crippen LogP contribution in [-0.2, 0) is 0 Å². The molecule has 0 atom stereocenters. The van der Waals surface area contributed by atoms with Crippen molar-refractivity contribution in [2.45, 2.75) is 20.8 Å². The number of pyridine rings is 1. The molecule has 0 aliphatic rings. The van der Waals surface area contributed by atoms with Crippen molar-refractivity contribution in [2.75, 3.05) is 5.73 Å². The number of hydrogen-bond acceptors (Lipinski definition) is 3. The van der Waals surface area contributed by atoms with Crippen LogP contribution in [0.15, 0.2) is 12.3 Å². The summed E-state index contributed by atoms with van der Waals surface area (Å²) < 4.78 is 1.70.